The first-order valence-corrected chi connectivity index (χ1v) is 5.54. The highest BCUT2D eigenvalue weighted by Gasteiger charge is 2.33. The van der Waals surface area contributed by atoms with Crippen molar-refractivity contribution in [1.29, 1.82) is 0 Å². The van der Waals surface area contributed by atoms with E-state index < -0.39 is 6.36 Å². The van der Waals surface area contributed by atoms with Crippen LogP contribution in [0.2, 0.25) is 0 Å². The maximum Gasteiger partial charge on any atom is 0.573 e. The molecule has 1 aliphatic rings. The summed E-state index contributed by atoms with van der Waals surface area (Å²) < 4.78 is 44.7. The summed E-state index contributed by atoms with van der Waals surface area (Å²) >= 11 is 0. The van der Waals surface area contributed by atoms with Crippen LogP contribution in [0.25, 0.3) is 0 Å². The standard InChI is InChI=1S/C12H14F3NO2/c1-11(7-17-8-11)6-16-9-2-4-10(5-3-9)18-12(13,14)15/h2-5,16H,6-8H2,1H3. The number of halogens is 3. The largest absolute Gasteiger partial charge is 0.573 e. The molecule has 0 amide bonds. The molecule has 2 rings (SSSR count). The van der Waals surface area contributed by atoms with Gasteiger partial charge in [0, 0.05) is 17.6 Å². The van der Waals surface area contributed by atoms with Crippen molar-refractivity contribution in [3.8, 4) is 5.75 Å². The zero-order valence-electron chi connectivity index (χ0n) is 9.88. The first-order chi connectivity index (χ1) is 8.36. The molecule has 0 bridgehead atoms. The summed E-state index contributed by atoms with van der Waals surface area (Å²) in [5.41, 5.74) is 0.874. The predicted molar refractivity (Wildman–Crippen MR) is 60.5 cm³/mol. The maximum atomic E-state index is 11.9. The molecule has 1 saturated heterocycles. The average Bonchev–Trinajstić information content (AvgIpc) is 2.23. The van der Waals surface area contributed by atoms with Crippen LogP contribution in [-0.4, -0.2) is 26.1 Å². The van der Waals surface area contributed by atoms with Crippen LogP contribution in [-0.2, 0) is 4.74 Å². The monoisotopic (exact) mass is 261 g/mol. The van der Waals surface area contributed by atoms with Gasteiger partial charge < -0.3 is 14.8 Å². The van der Waals surface area contributed by atoms with Crippen LogP contribution >= 0.6 is 0 Å². The Morgan fingerprint density at radius 2 is 1.89 bits per heavy atom. The van der Waals surface area contributed by atoms with Crippen molar-refractivity contribution >= 4 is 5.69 Å². The van der Waals surface area contributed by atoms with Gasteiger partial charge >= 0.3 is 6.36 Å². The van der Waals surface area contributed by atoms with Crippen molar-refractivity contribution in [2.75, 3.05) is 25.1 Å². The van der Waals surface area contributed by atoms with E-state index in [1.165, 1.54) is 12.1 Å². The van der Waals surface area contributed by atoms with E-state index in [4.69, 9.17) is 4.74 Å². The van der Waals surface area contributed by atoms with E-state index in [1.54, 1.807) is 12.1 Å². The Labute approximate surface area is 103 Å². The summed E-state index contributed by atoms with van der Waals surface area (Å²) in [6, 6.07) is 5.69. The van der Waals surface area contributed by atoms with Gasteiger partial charge in [-0.1, -0.05) is 6.92 Å². The van der Waals surface area contributed by atoms with Gasteiger partial charge in [-0.05, 0) is 24.3 Å². The van der Waals surface area contributed by atoms with E-state index in [-0.39, 0.29) is 11.2 Å². The number of hydrogen-bond acceptors (Lipinski definition) is 3. The SMILES string of the molecule is CC1(CNc2ccc(OC(F)(F)F)cc2)COC1. The minimum absolute atomic E-state index is 0.112. The lowest BCUT2D eigenvalue weighted by molar-refractivity contribution is -0.274. The van der Waals surface area contributed by atoms with E-state index >= 15 is 0 Å². The second-order valence-electron chi connectivity index (χ2n) is 4.73. The molecule has 1 fully saturated rings. The summed E-state index contributed by atoms with van der Waals surface area (Å²) in [7, 11) is 0. The smallest absolute Gasteiger partial charge is 0.406 e. The van der Waals surface area contributed by atoms with Crippen LogP contribution in [0.3, 0.4) is 0 Å². The molecule has 1 N–H and O–H groups in total. The number of rotatable bonds is 4. The molecule has 0 atom stereocenters. The number of benzene rings is 1. The van der Waals surface area contributed by atoms with Gasteiger partial charge in [-0.25, -0.2) is 0 Å². The molecule has 1 heterocycles. The summed E-state index contributed by atoms with van der Waals surface area (Å²) in [5, 5.41) is 3.16. The Morgan fingerprint density at radius 3 is 2.33 bits per heavy atom. The van der Waals surface area contributed by atoms with E-state index in [0.29, 0.717) is 13.2 Å². The van der Waals surface area contributed by atoms with Gasteiger partial charge in [0.15, 0.2) is 0 Å². The minimum Gasteiger partial charge on any atom is -0.406 e. The third-order valence-electron chi connectivity index (χ3n) is 2.71. The van der Waals surface area contributed by atoms with Gasteiger partial charge in [-0.3, -0.25) is 0 Å². The quantitative estimate of drug-likeness (QED) is 0.903. The van der Waals surface area contributed by atoms with Crippen molar-refractivity contribution in [3.05, 3.63) is 24.3 Å². The van der Waals surface area contributed by atoms with Crippen LogP contribution in [0.5, 0.6) is 5.75 Å². The molecule has 0 saturated carbocycles. The number of alkyl halides is 3. The van der Waals surface area contributed by atoms with Crippen LogP contribution < -0.4 is 10.1 Å². The fraction of sp³-hybridized carbons (Fsp3) is 0.500. The second kappa shape index (κ2) is 4.68. The highest BCUT2D eigenvalue weighted by Crippen LogP contribution is 2.28. The van der Waals surface area contributed by atoms with Crippen molar-refractivity contribution in [1.82, 2.24) is 0 Å². The summed E-state index contributed by atoms with van der Waals surface area (Å²) in [4.78, 5) is 0. The molecular formula is C12H14F3NO2. The zero-order valence-corrected chi connectivity index (χ0v) is 9.88. The van der Waals surface area contributed by atoms with Crippen molar-refractivity contribution in [3.63, 3.8) is 0 Å². The Morgan fingerprint density at radius 1 is 1.28 bits per heavy atom. The first-order valence-electron chi connectivity index (χ1n) is 5.54. The Hall–Kier alpha value is -1.43. The normalized spacial score (nSPS) is 18.0. The number of ether oxygens (including phenoxy) is 2. The summed E-state index contributed by atoms with van der Waals surface area (Å²) in [6.07, 6.45) is -4.65. The topological polar surface area (TPSA) is 30.5 Å². The molecule has 0 unspecified atom stereocenters. The van der Waals surface area contributed by atoms with E-state index in [2.05, 4.69) is 17.0 Å². The number of nitrogens with one attached hydrogen (secondary N) is 1. The highest BCUT2D eigenvalue weighted by molar-refractivity contribution is 5.46. The first kappa shape index (κ1) is 13.0. The minimum atomic E-state index is -4.65. The van der Waals surface area contributed by atoms with Crippen LogP contribution in [0.4, 0.5) is 18.9 Å². The molecule has 3 nitrogen and oxygen atoms in total. The Balaban J connectivity index is 1.87. The lowest BCUT2D eigenvalue weighted by Gasteiger charge is -2.38. The van der Waals surface area contributed by atoms with Crippen LogP contribution in [0, 0.1) is 5.41 Å². The van der Waals surface area contributed by atoms with Gasteiger partial charge in [0.2, 0.25) is 0 Å². The summed E-state index contributed by atoms with van der Waals surface area (Å²) in [6.45, 7) is 4.22. The van der Waals surface area contributed by atoms with Gasteiger partial charge in [-0.15, -0.1) is 13.2 Å². The fourth-order valence-corrected chi connectivity index (χ4v) is 1.64. The third-order valence-corrected chi connectivity index (χ3v) is 2.71. The lowest BCUT2D eigenvalue weighted by atomic mass is 9.89. The number of hydrogen-bond donors (Lipinski definition) is 1. The van der Waals surface area contributed by atoms with E-state index in [9.17, 15) is 13.2 Å². The van der Waals surface area contributed by atoms with Crippen LogP contribution in [0.15, 0.2) is 24.3 Å². The fourth-order valence-electron chi connectivity index (χ4n) is 1.64. The van der Waals surface area contributed by atoms with E-state index in [1.807, 2.05) is 0 Å². The lowest BCUT2D eigenvalue weighted by Crippen LogP contribution is -2.45. The van der Waals surface area contributed by atoms with Gasteiger partial charge in [0.25, 0.3) is 0 Å². The van der Waals surface area contributed by atoms with E-state index in [0.717, 1.165) is 12.2 Å². The molecule has 1 aromatic carbocycles. The molecule has 1 aliphatic heterocycles. The molecule has 0 radical (unpaired) electrons. The number of anilines is 1. The van der Waals surface area contributed by atoms with Crippen molar-refractivity contribution in [2.45, 2.75) is 13.3 Å². The van der Waals surface area contributed by atoms with Crippen molar-refractivity contribution in [2.24, 2.45) is 5.41 Å². The molecule has 0 aliphatic carbocycles. The molecule has 100 valence electrons. The van der Waals surface area contributed by atoms with Gasteiger partial charge in [-0.2, -0.15) is 0 Å². The molecule has 0 aromatic heterocycles. The maximum absolute atomic E-state index is 11.9. The predicted octanol–water partition coefficient (Wildman–Crippen LogP) is 3.03. The molecular weight excluding hydrogens is 247 g/mol. The summed E-state index contributed by atoms with van der Waals surface area (Å²) in [5.74, 6) is -0.216. The zero-order chi connectivity index (χ0) is 13.2. The third kappa shape index (κ3) is 3.53. The average molecular weight is 261 g/mol. The highest BCUT2D eigenvalue weighted by atomic mass is 19.4. The molecule has 0 spiro atoms. The second-order valence-corrected chi connectivity index (χ2v) is 4.73. The van der Waals surface area contributed by atoms with Crippen LogP contribution in [0.1, 0.15) is 6.92 Å². The van der Waals surface area contributed by atoms with Crippen molar-refractivity contribution < 1.29 is 22.6 Å². The molecule has 1 aromatic rings. The van der Waals surface area contributed by atoms with Gasteiger partial charge in [0.1, 0.15) is 5.75 Å². The Bertz CT molecular complexity index is 399. The van der Waals surface area contributed by atoms with Gasteiger partial charge in [0.05, 0.1) is 13.2 Å². The molecule has 6 heteroatoms. The molecule has 18 heavy (non-hydrogen) atoms. The Kier molecular flexibility index (Phi) is 3.38.